The highest BCUT2D eigenvalue weighted by Gasteiger charge is 2.21. The van der Waals surface area contributed by atoms with E-state index < -0.39 is 21.7 Å². The number of benzene rings is 2. The molecule has 1 heterocycles. The van der Waals surface area contributed by atoms with Gasteiger partial charge in [-0.2, -0.15) is 0 Å². The highest BCUT2D eigenvalue weighted by atomic mass is 32.2. The Morgan fingerprint density at radius 1 is 1.21 bits per heavy atom. The van der Waals surface area contributed by atoms with E-state index in [0.717, 1.165) is 15.6 Å². The number of ether oxygens (including phenoxy) is 1. The molecule has 1 aromatic heterocycles. The van der Waals surface area contributed by atoms with Gasteiger partial charge < -0.3 is 10.1 Å². The van der Waals surface area contributed by atoms with Crippen LogP contribution in [0, 0.1) is 5.82 Å². The van der Waals surface area contributed by atoms with E-state index in [2.05, 4.69) is 10.3 Å². The first-order chi connectivity index (χ1) is 13.7. The van der Waals surface area contributed by atoms with Gasteiger partial charge in [-0.1, -0.05) is 12.1 Å². The summed E-state index contributed by atoms with van der Waals surface area (Å²) in [6.07, 6.45) is 1.34. The lowest BCUT2D eigenvalue weighted by Gasteiger charge is -2.14. The van der Waals surface area contributed by atoms with Gasteiger partial charge in [-0.3, -0.25) is 4.79 Å². The first-order valence-corrected chi connectivity index (χ1v) is 10.6. The lowest BCUT2D eigenvalue weighted by molar-refractivity contribution is 0.103. The molecule has 0 radical (unpaired) electrons. The van der Waals surface area contributed by atoms with Crippen molar-refractivity contribution in [2.45, 2.75) is 4.90 Å². The number of sulfonamides is 1. The Labute approximate surface area is 171 Å². The molecule has 0 atom stereocenters. The van der Waals surface area contributed by atoms with E-state index in [0.29, 0.717) is 16.3 Å². The number of aromatic nitrogens is 1. The largest absolute Gasteiger partial charge is 0.495 e. The number of methoxy groups -OCH3 is 1. The molecule has 2 aromatic carbocycles. The third kappa shape index (κ3) is 4.29. The van der Waals surface area contributed by atoms with Gasteiger partial charge in [0.05, 0.1) is 23.9 Å². The van der Waals surface area contributed by atoms with Crippen LogP contribution in [0.2, 0.25) is 0 Å². The van der Waals surface area contributed by atoms with Crippen LogP contribution in [0.5, 0.6) is 5.75 Å². The molecule has 0 bridgehead atoms. The molecular weight excluding hydrogens is 417 g/mol. The van der Waals surface area contributed by atoms with Crippen LogP contribution in [0.15, 0.2) is 53.6 Å². The molecule has 3 aromatic rings. The van der Waals surface area contributed by atoms with E-state index in [-0.39, 0.29) is 15.5 Å². The molecule has 1 amide bonds. The zero-order valence-corrected chi connectivity index (χ0v) is 17.5. The van der Waals surface area contributed by atoms with Gasteiger partial charge in [0, 0.05) is 19.7 Å². The molecule has 0 aliphatic rings. The Bertz CT molecular complexity index is 1160. The van der Waals surface area contributed by atoms with Crippen LogP contribution >= 0.6 is 11.3 Å². The Morgan fingerprint density at radius 3 is 2.59 bits per heavy atom. The van der Waals surface area contributed by atoms with Gasteiger partial charge in [-0.25, -0.2) is 22.1 Å². The van der Waals surface area contributed by atoms with Gasteiger partial charge in [-0.15, -0.1) is 11.3 Å². The molecule has 0 spiro atoms. The van der Waals surface area contributed by atoms with Gasteiger partial charge in [0.25, 0.3) is 5.91 Å². The van der Waals surface area contributed by atoms with Gasteiger partial charge in [-0.05, 0) is 30.3 Å². The van der Waals surface area contributed by atoms with Crippen molar-refractivity contribution in [3.05, 3.63) is 59.4 Å². The maximum atomic E-state index is 13.9. The van der Waals surface area contributed by atoms with Gasteiger partial charge in [0.2, 0.25) is 10.0 Å². The summed E-state index contributed by atoms with van der Waals surface area (Å²) in [5.74, 6) is -0.644. The predicted octanol–water partition coefficient (Wildman–Crippen LogP) is 3.46. The number of amides is 1. The van der Waals surface area contributed by atoms with Gasteiger partial charge >= 0.3 is 0 Å². The Morgan fingerprint density at radius 2 is 1.93 bits per heavy atom. The topological polar surface area (TPSA) is 88.6 Å². The summed E-state index contributed by atoms with van der Waals surface area (Å²) in [6, 6.07) is 10.3. The molecule has 0 fully saturated rings. The summed E-state index contributed by atoms with van der Waals surface area (Å²) in [6.45, 7) is 0. The van der Waals surface area contributed by atoms with E-state index >= 15 is 0 Å². The molecule has 152 valence electrons. The van der Waals surface area contributed by atoms with E-state index in [1.807, 2.05) is 0 Å². The second-order valence-corrected chi connectivity index (χ2v) is 9.30. The van der Waals surface area contributed by atoms with Crippen LogP contribution in [-0.4, -0.2) is 44.8 Å². The maximum absolute atomic E-state index is 13.9. The van der Waals surface area contributed by atoms with Crippen molar-refractivity contribution in [3.8, 4) is 16.3 Å². The first kappa shape index (κ1) is 20.9. The van der Waals surface area contributed by atoms with E-state index in [4.69, 9.17) is 4.74 Å². The summed E-state index contributed by atoms with van der Waals surface area (Å²) in [4.78, 5) is 17.0. The quantitative estimate of drug-likeness (QED) is 0.641. The molecular formula is C19H18FN3O4S2. The molecule has 1 N–H and O–H groups in total. The number of halogens is 1. The van der Waals surface area contributed by atoms with Crippen molar-refractivity contribution in [1.29, 1.82) is 0 Å². The average Bonchev–Trinajstić information content (AvgIpc) is 3.18. The van der Waals surface area contributed by atoms with Crippen LogP contribution in [0.3, 0.4) is 0 Å². The number of hydrogen-bond acceptors (Lipinski definition) is 6. The third-order valence-electron chi connectivity index (χ3n) is 4.03. The number of thiazole rings is 1. The molecule has 7 nitrogen and oxygen atoms in total. The number of carbonyl (C=O) groups excluding carboxylic acids is 1. The second-order valence-electron chi connectivity index (χ2n) is 6.11. The number of carbonyl (C=O) groups is 1. The number of nitrogens with one attached hydrogen (secondary N) is 1. The fourth-order valence-corrected chi connectivity index (χ4v) is 4.25. The van der Waals surface area contributed by atoms with E-state index in [9.17, 15) is 17.6 Å². The zero-order valence-electron chi connectivity index (χ0n) is 15.8. The van der Waals surface area contributed by atoms with E-state index in [1.165, 1.54) is 51.7 Å². The minimum atomic E-state index is -3.69. The van der Waals surface area contributed by atoms with Crippen molar-refractivity contribution in [1.82, 2.24) is 9.29 Å². The Kier molecular flexibility index (Phi) is 5.96. The minimum Gasteiger partial charge on any atom is -0.495 e. The summed E-state index contributed by atoms with van der Waals surface area (Å²) in [5.41, 5.74) is 0.495. The first-order valence-electron chi connectivity index (χ1n) is 8.36. The lowest BCUT2D eigenvalue weighted by Crippen LogP contribution is -2.22. The highest BCUT2D eigenvalue weighted by molar-refractivity contribution is 7.89. The zero-order chi connectivity index (χ0) is 21.2. The van der Waals surface area contributed by atoms with Crippen molar-refractivity contribution < 1.29 is 22.3 Å². The predicted molar refractivity (Wildman–Crippen MR) is 109 cm³/mol. The Balaban J connectivity index is 1.90. The number of anilines is 1. The van der Waals surface area contributed by atoms with Gasteiger partial charge in [0.15, 0.2) is 0 Å². The van der Waals surface area contributed by atoms with Crippen LogP contribution in [0.25, 0.3) is 10.6 Å². The monoisotopic (exact) mass is 435 g/mol. The van der Waals surface area contributed by atoms with Crippen molar-refractivity contribution in [2.24, 2.45) is 0 Å². The van der Waals surface area contributed by atoms with Crippen LogP contribution in [0.1, 0.15) is 9.67 Å². The van der Waals surface area contributed by atoms with Crippen molar-refractivity contribution in [2.75, 3.05) is 26.5 Å². The molecule has 10 heteroatoms. The maximum Gasteiger partial charge on any atom is 0.267 e. The highest BCUT2D eigenvalue weighted by Crippen LogP contribution is 2.31. The average molecular weight is 436 g/mol. The summed E-state index contributed by atoms with van der Waals surface area (Å²) in [7, 11) is 0.556. The summed E-state index contributed by atoms with van der Waals surface area (Å²) in [5, 5.41) is 3.00. The second kappa shape index (κ2) is 8.27. The smallest absolute Gasteiger partial charge is 0.267 e. The molecule has 0 unspecified atom stereocenters. The third-order valence-corrected chi connectivity index (χ3v) is 6.87. The molecule has 3 rings (SSSR count). The summed E-state index contributed by atoms with van der Waals surface area (Å²) < 4.78 is 45.0. The normalized spacial score (nSPS) is 11.5. The summed E-state index contributed by atoms with van der Waals surface area (Å²) >= 11 is 1.03. The number of nitrogens with zero attached hydrogens (tertiary/aromatic N) is 2. The standard InChI is InChI=1S/C19H18FN3O4S2/c1-23(2)29(25,26)12-8-9-16(27-3)15(10-12)22-18(24)17-11-21-19(28-17)13-6-4-5-7-14(13)20/h4-11H,1-3H3,(H,22,24). The van der Waals surface area contributed by atoms with E-state index in [1.54, 1.807) is 18.2 Å². The number of rotatable bonds is 6. The van der Waals surface area contributed by atoms with Crippen molar-refractivity contribution >= 4 is 33.0 Å². The molecule has 0 aliphatic heterocycles. The fourth-order valence-electron chi connectivity index (χ4n) is 2.48. The minimum absolute atomic E-state index is 0.00921. The SMILES string of the molecule is COc1ccc(S(=O)(=O)N(C)C)cc1NC(=O)c1cnc(-c2ccccc2F)s1. The molecule has 0 saturated carbocycles. The van der Waals surface area contributed by atoms with Crippen molar-refractivity contribution in [3.63, 3.8) is 0 Å². The van der Waals surface area contributed by atoms with Gasteiger partial charge in [0.1, 0.15) is 21.5 Å². The molecule has 29 heavy (non-hydrogen) atoms. The lowest BCUT2D eigenvalue weighted by atomic mass is 10.2. The van der Waals surface area contributed by atoms with Crippen LogP contribution < -0.4 is 10.1 Å². The van der Waals surface area contributed by atoms with Crippen LogP contribution in [-0.2, 0) is 10.0 Å². The molecule has 0 saturated heterocycles. The van der Waals surface area contributed by atoms with Crippen LogP contribution in [0.4, 0.5) is 10.1 Å². The fraction of sp³-hybridized carbons (Fsp3) is 0.158. The number of hydrogen-bond donors (Lipinski definition) is 1. The molecule has 0 aliphatic carbocycles. The Hall–Kier alpha value is -2.82.